The molecule has 0 aromatic carbocycles. The minimum atomic E-state index is -0.281. The van der Waals surface area contributed by atoms with Crippen molar-refractivity contribution in [3.8, 4) is 0 Å². The fraction of sp³-hybridized carbons (Fsp3) is 1.00. The van der Waals surface area contributed by atoms with E-state index in [0.717, 1.165) is 32.1 Å². The molecule has 0 aliphatic heterocycles. The van der Waals surface area contributed by atoms with E-state index in [9.17, 15) is 5.11 Å². The molecule has 0 amide bonds. The zero-order valence-electron chi connectivity index (χ0n) is 11.9. The summed E-state index contributed by atoms with van der Waals surface area (Å²) in [7, 11) is 0. The molecule has 0 rings (SSSR count). The summed E-state index contributed by atoms with van der Waals surface area (Å²) in [5, 5.41) is 34.1. The van der Waals surface area contributed by atoms with Crippen LogP contribution in [0.5, 0.6) is 0 Å². The van der Waals surface area contributed by atoms with Gasteiger partial charge >= 0.3 is 0 Å². The van der Waals surface area contributed by atoms with E-state index in [4.69, 9.17) is 15.3 Å². The molecule has 0 saturated carbocycles. The second-order valence-corrected chi connectivity index (χ2v) is 4.52. The Morgan fingerprint density at radius 1 is 0.667 bits per heavy atom. The van der Waals surface area contributed by atoms with E-state index in [-0.39, 0.29) is 25.9 Å². The molecule has 0 aliphatic rings. The molecule has 0 bridgehead atoms. The molecule has 1 unspecified atom stereocenters. The van der Waals surface area contributed by atoms with Crippen LogP contribution in [0.4, 0.5) is 0 Å². The van der Waals surface area contributed by atoms with Gasteiger partial charge in [0.15, 0.2) is 0 Å². The molecule has 0 fully saturated rings. The number of aliphatic hydroxyl groups excluding tert-OH is 4. The van der Waals surface area contributed by atoms with Crippen molar-refractivity contribution in [2.24, 2.45) is 0 Å². The second kappa shape index (κ2) is 19.2. The van der Waals surface area contributed by atoms with Crippen molar-refractivity contribution in [2.45, 2.75) is 70.8 Å². The topological polar surface area (TPSA) is 80.9 Å². The Kier molecular flexibility index (Phi) is 21.5. The SMILES string of the molecule is CCCCCCC(O)CCO.OCCCCCO. The quantitative estimate of drug-likeness (QED) is 0.429. The predicted molar refractivity (Wildman–Crippen MR) is 74.5 cm³/mol. The minimum Gasteiger partial charge on any atom is -0.396 e. The van der Waals surface area contributed by atoms with Gasteiger partial charge in [-0.2, -0.15) is 0 Å². The molecular weight excluding hydrogens is 232 g/mol. The van der Waals surface area contributed by atoms with Gasteiger partial charge in [0.25, 0.3) is 0 Å². The molecule has 0 aliphatic carbocycles. The summed E-state index contributed by atoms with van der Waals surface area (Å²) in [6.45, 7) is 2.78. The summed E-state index contributed by atoms with van der Waals surface area (Å²) in [5.74, 6) is 0. The molecule has 4 nitrogen and oxygen atoms in total. The maximum absolute atomic E-state index is 9.19. The first kappa shape index (κ1) is 20.2. The van der Waals surface area contributed by atoms with Gasteiger partial charge in [0.1, 0.15) is 0 Å². The van der Waals surface area contributed by atoms with Crippen LogP contribution in [0.3, 0.4) is 0 Å². The number of aliphatic hydroxyl groups is 4. The van der Waals surface area contributed by atoms with Gasteiger partial charge in [-0.15, -0.1) is 0 Å². The molecule has 4 N–H and O–H groups in total. The summed E-state index contributed by atoms with van der Waals surface area (Å²) >= 11 is 0. The first-order valence-corrected chi connectivity index (χ1v) is 7.23. The maximum Gasteiger partial charge on any atom is 0.0562 e. The van der Waals surface area contributed by atoms with Crippen molar-refractivity contribution in [2.75, 3.05) is 19.8 Å². The minimum absolute atomic E-state index is 0.106. The molecule has 0 heterocycles. The van der Waals surface area contributed by atoms with Crippen LogP contribution in [0.25, 0.3) is 0 Å². The van der Waals surface area contributed by atoms with Gasteiger partial charge in [0.2, 0.25) is 0 Å². The van der Waals surface area contributed by atoms with Crippen LogP contribution in [0.1, 0.15) is 64.7 Å². The highest BCUT2D eigenvalue weighted by atomic mass is 16.3. The van der Waals surface area contributed by atoms with Gasteiger partial charge in [0.05, 0.1) is 6.10 Å². The molecule has 18 heavy (non-hydrogen) atoms. The highest BCUT2D eigenvalue weighted by molar-refractivity contribution is 4.54. The van der Waals surface area contributed by atoms with Crippen LogP contribution in [-0.4, -0.2) is 46.4 Å². The van der Waals surface area contributed by atoms with E-state index in [1.807, 2.05) is 0 Å². The number of hydrogen-bond donors (Lipinski definition) is 4. The largest absolute Gasteiger partial charge is 0.396 e. The Hall–Kier alpha value is -0.160. The third-order valence-corrected chi connectivity index (χ3v) is 2.67. The molecule has 4 heteroatoms. The van der Waals surface area contributed by atoms with Gasteiger partial charge in [-0.25, -0.2) is 0 Å². The molecule has 0 aromatic rings. The van der Waals surface area contributed by atoms with Gasteiger partial charge in [-0.05, 0) is 32.1 Å². The highest BCUT2D eigenvalue weighted by Crippen LogP contribution is 2.07. The Labute approximate surface area is 112 Å². The summed E-state index contributed by atoms with van der Waals surface area (Å²) in [6.07, 6.45) is 8.47. The Morgan fingerprint density at radius 2 is 1.22 bits per heavy atom. The highest BCUT2D eigenvalue weighted by Gasteiger charge is 2.01. The molecular formula is C14H32O4. The smallest absolute Gasteiger partial charge is 0.0562 e. The predicted octanol–water partition coefficient (Wildman–Crippen LogP) is 1.84. The molecule has 0 spiro atoms. The zero-order valence-corrected chi connectivity index (χ0v) is 11.9. The average Bonchev–Trinajstić information content (AvgIpc) is 2.37. The summed E-state index contributed by atoms with van der Waals surface area (Å²) in [6, 6.07) is 0. The number of unbranched alkanes of at least 4 members (excludes halogenated alkanes) is 5. The lowest BCUT2D eigenvalue weighted by molar-refractivity contribution is 0.122. The maximum atomic E-state index is 9.19. The van der Waals surface area contributed by atoms with Crippen LogP contribution in [0.2, 0.25) is 0 Å². The van der Waals surface area contributed by atoms with Crippen molar-refractivity contribution >= 4 is 0 Å². The summed E-state index contributed by atoms with van der Waals surface area (Å²) < 4.78 is 0. The lowest BCUT2D eigenvalue weighted by Gasteiger charge is -2.07. The van der Waals surface area contributed by atoms with Crippen molar-refractivity contribution in [1.29, 1.82) is 0 Å². The lowest BCUT2D eigenvalue weighted by Crippen LogP contribution is -2.08. The van der Waals surface area contributed by atoms with Gasteiger partial charge in [0, 0.05) is 19.8 Å². The van der Waals surface area contributed by atoms with Crippen LogP contribution < -0.4 is 0 Å². The molecule has 0 aromatic heterocycles. The van der Waals surface area contributed by atoms with Crippen molar-refractivity contribution in [3.05, 3.63) is 0 Å². The van der Waals surface area contributed by atoms with E-state index in [0.29, 0.717) is 6.42 Å². The zero-order chi connectivity index (χ0) is 14.1. The van der Waals surface area contributed by atoms with Gasteiger partial charge < -0.3 is 20.4 Å². The monoisotopic (exact) mass is 264 g/mol. The van der Waals surface area contributed by atoms with Crippen molar-refractivity contribution in [3.63, 3.8) is 0 Å². The Morgan fingerprint density at radius 3 is 1.67 bits per heavy atom. The van der Waals surface area contributed by atoms with Crippen molar-refractivity contribution in [1.82, 2.24) is 0 Å². The summed E-state index contributed by atoms with van der Waals surface area (Å²) in [5.41, 5.74) is 0. The van der Waals surface area contributed by atoms with E-state index in [1.54, 1.807) is 0 Å². The number of rotatable bonds is 11. The van der Waals surface area contributed by atoms with Crippen LogP contribution in [-0.2, 0) is 0 Å². The van der Waals surface area contributed by atoms with E-state index in [2.05, 4.69) is 6.92 Å². The molecule has 0 radical (unpaired) electrons. The van der Waals surface area contributed by atoms with Crippen LogP contribution in [0.15, 0.2) is 0 Å². The third-order valence-electron chi connectivity index (χ3n) is 2.67. The van der Waals surface area contributed by atoms with Crippen LogP contribution >= 0.6 is 0 Å². The molecule has 112 valence electrons. The first-order chi connectivity index (χ1) is 8.72. The van der Waals surface area contributed by atoms with E-state index in [1.165, 1.54) is 19.3 Å². The standard InChI is InChI=1S/C9H20O2.C5H12O2/c1-2-3-4-5-6-9(11)7-8-10;6-4-2-1-3-5-7/h9-11H,2-8H2,1H3;6-7H,1-5H2. The lowest BCUT2D eigenvalue weighted by atomic mass is 10.1. The Bertz CT molecular complexity index is 127. The fourth-order valence-electron chi connectivity index (χ4n) is 1.50. The second-order valence-electron chi connectivity index (χ2n) is 4.52. The fourth-order valence-corrected chi connectivity index (χ4v) is 1.50. The van der Waals surface area contributed by atoms with E-state index < -0.39 is 0 Å². The number of hydrogen-bond acceptors (Lipinski definition) is 4. The third kappa shape index (κ3) is 21.2. The average molecular weight is 264 g/mol. The normalized spacial score (nSPS) is 11.8. The molecule has 1 atom stereocenters. The van der Waals surface area contributed by atoms with Gasteiger partial charge in [-0.3, -0.25) is 0 Å². The summed E-state index contributed by atoms with van der Waals surface area (Å²) in [4.78, 5) is 0. The van der Waals surface area contributed by atoms with E-state index >= 15 is 0 Å². The van der Waals surface area contributed by atoms with Gasteiger partial charge in [-0.1, -0.05) is 32.6 Å². The van der Waals surface area contributed by atoms with Crippen molar-refractivity contribution < 1.29 is 20.4 Å². The molecule has 0 saturated heterocycles. The van der Waals surface area contributed by atoms with Crippen LogP contribution in [0, 0.1) is 0 Å². The first-order valence-electron chi connectivity index (χ1n) is 7.23. The Balaban J connectivity index is 0.